The van der Waals surface area contributed by atoms with Crippen molar-refractivity contribution in [2.75, 3.05) is 40.3 Å². The van der Waals surface area contributed by atoms with Crippen LogP contribution in [0.4, 0.5) is 0 Å². The van der Waals surface area contributed by atoms with Gasteiger partial charge in [-0.05, 0) is 51.9 Å². The first-order chi connectivity index (χ1) is 8.00. The molecule has 0 bridgehead atoms. The highest BCUT2D eigenvalue weighted by atomic mass is 15.2. The summed E-state index contributed by atoms with van der Waals surface area (Å²) >= 11 is 0. The van der Waals surface area contributed by atoms with Crippen LogP contribution in [0.5, 0.6) is 0 Å². The van der Waals surface area contributed by atoms with E-state index in [1.807, 2.05) is 0 Å². The SMILES string of the molecule is CCCC(C)(CN)CN(C)C1CCCN(C)C1. The summed E-state index contributed by atoms with van der Waals surface area (Å²) in [6, 6.07) is 0.719. The van der Waals surface area contributed by atoms with Gasteiger partial charge in [-0.2, -0.15) is 0 Å². The molecule has 102 valence electrons. The first-order valence-electron chi connectivity index (χ1n) is 7.09. The van der Waals surface area contributed by atoms with Gasteiger partial charge in [0.15, 0.2) is 0 Å². The summed E-state index contributed by atoms with van der Waals surface area (Å²) in [5, 5.41) is 0. The zero-order valence-electron chi connectivity index (χ0n) is 12.2. The van der Waals surface area contributed by atoms with Gasteiger partial charge in [-0.1, -0.05) is 20.3 Å². The molecular formula is C14H31N3. The van der Waals surface area contributed by atoms with E-state index < -0.39 is 0 Å². The molecule has 2 unspecified atom stereocenters. The Bertz CT molecular complexity index is 220. The number of nitrogens with two attached hydrogens (primary N) is 1. The number of hydrogen-bond donors (Lipinski definition) is 1. The maximum absolute atomic E-state index is 5.96. The third-order valence-electron chi connectivity index (χ3n) is 4.20. The van der Waals surface area contributed by atoms with E-state index in [2.05, 4.69) is 37.7 Å². The molecule has 1 rings (SSSR count). The van der Waals surface area contributed by atoms with Crippen LogP contribution in [0, 0.1) is 5.41 Å². The molecular weight excluding hydrogens is 210 g/mol. The van der Waals surface area contributed by atoms with Gasteiger partial charge in [-0.3, -0.25) is 0 Å². The van der Waals surface area contributed by atoms with Crippen molar-refractivity contribution in [2.24, 2.45) is 11.1 Å². The topological polar surface area (TPSA) is 32.5 Å². The van der Waals surface area contributed by atoms with Crippen LogP contribution in [0.3, 0.4) is 0 Å². The average Bonchev–Trinajstić information content (AvgIpc) is 2.29. The van der Waals surface area contributed by atoms with E-state index in [1.54, 1.807) is 0 Å². The lowest BCUT2D eigenvalue weighted by Crippen LogP contribution is -2.49. The molecule has 1 saturated heterocycles. The molecule has 1 heterocycles. The van der Waals surface area contributed by atoms with E-state index in [0.717, 1.165) is 19.1 Å². The molecule has 0 aromatic heterocycles. The zero-order valence-corrected chi connectivity index (χ0v) is 12.2. The summed E-state index contributed by atoms with van der Waals surface area (Å²) in [6.07, 6.45) is 5.13. The number of likely N-dealkylation sites (N-methyl/N-ethyl adjacent to an activating group) is 2. The lowest BCUT2D eigenvalue weighted by molar-refractivity contribution is 0.0917. The Morgan fingerprint density at radius 1 is 1.47 bits per heavy atom. The minimum absolute atomic E-state index is 0.291. The van der Waals surface area contributed by atoms with Crippen molar-refractivity contribution in [3.8, 4) is 0 Å². The number of piperidine rings is 1. The lowest BCUT2D eigenvalue weighted by Gasteiger charge is -2.40. The van der Waals surface area contributed by atoms with E-state index in [0.29, 0.717) is 5.41 Å². The molecule has 1 aliphatic heterocycles. The molecule has 2 N–H and O–H groups in total. The second-order valence-electron chi connectivity index (χ2n) is 6.24. The fourth-order valence-electron chi connectivity index (χ4n) is 3.08. The van der Waals surface area contributed by atoms with E-state index in [1.165, 1.54) is 38.8 Å². The molecule has 0 aliphatic carbocycles. The quantitative estimate of drug-likeness (QED) is 0.769. The van der Waals surface area contributed by atoms with E-state index in [9.17, 15) is 0 Å². The fraction of sp³-hybridized carbons (Fsp3) is 1.00. The van der Waals surface area contributed by atoms with Crippen LogP contribution in [0.25, 0.3) is 0 Å². The molecule has 3 heteroatoms. The zero-order chi connectivity index (χ0) is 12.9. The minimum atomic E-state index is 0.291. The molecule has 2 atom stereocenters. The monoisotopic (exact) mass is 241 g/mol. The van der Waals surface area contributed by atoms with Crippen LogP contribution in [0.2, 0.25) is 0 Å². The van der Waals surface area contributed by atoms with Crippen molar-refractivity contribution in [3.63, 3.8) is 0 Å². The number of likely N-dealkylation sites (tertiary alicyclic amines) is 1. The van der Waals surface area contributed by atoms with Gasteiger partial charge in [0, 0.05) is 19.1 Å². The van der Waals surface area contributed by atoms with E-state index in [4.69, 9.17) is 5.73 Å². The Labute approximate surface area is 107 Å². The average molecular weight is 241 g/mol. The summed E-state index contributed by atoms with van der Waals surface area (Å²) in [6.45, 7) is 8.99. The summed E-state index contributed by atoms with van der Waals surface area (Å²) in [4.78, 5) is 4.99. The summed E-state index contributed by atoms with van der Waals surface area (Å²) in [5.41, 5.74) is 6.25. The van der Waals surface area contributed by atoms with Crippen LogP contribution < -0.4 is 5.73 Å². The molecule has 3 nitrogen and oxygen atoms in total. The van der Waals surface area contributed by atoms with Crippen LogP contribution >= 0.6 is 0 Å². The van der Waals surface area contributed by atoms with Gasteiger partial charge in [0.25, 0.3) is 0 Å². The predicted molar refractivity (Wildman–Crippen MR) is 75.2 cm³/mol. The maximum atomic E-state index is 5.96. The van der Waals surface area contributed by atoms with Gasteiger partial charge >= 0.3 is 0 Å². The molecule has 17 heavy (non-hydrogen) atoms. The van der Waals surface area contributed by atoms with Crippen molar-refractivity contribution in [2.45, 2.75) is 45.6 Å². The number of hydrogen-bond acceptors (Lipinski definition) is 3. The van der Waals surface area contributed by atoms with Crippen molar-refractivity contribution >= 4 is 0 Å². The summed E-state index contributed by atoms with van der Waals surface area (Å²) < 4.78 is 0. The first-order valence-corrected chi connectivity index (χ1v) is 7.09. The number of rotatable bonds is 6. The Balaban J connectivity index is 2.48. The smallest absolute Gasteiger partial charge is 0.0220 e. The second-order valence-corrected chi connectivity index (χ2v) is 6.24. The Morgan fingerprint density at radius 2 is 2.18 bits per heavy atom. The van der Waals surface area contributed by atoms with Gasteiger partial charge in [-0.25, -0.2) is 0 Å². The Morgan fingerprint density at radius 3 is 2.71 bits per heavy atom. The van der Waals surface area contributed by atoms with Gasteiger partial charge in [-0.15, -0.1) is 0 Å². The van der Waals surface area contributed by atoms with Crippen LogP contribution in [-0.4, -0.2) is 56.1 Å². The predicted octanol–water partition coefficient (Wildman–Crippen LogP) is 1.78. The highest BCUT2D eigenvalue weighted by Crippen LogP contribution is 2.25. The van der Waals surface area contributed by atoms with Crippen LogP contribution in [0.15, 0.2) is 0 Å². The largest absolute Gasteiger partial charge is 0.330 e. The van der Waals surface area contributed by atoms with Crippen molar-refractivity contribution < 1.29 is 0 Å². The van der Waals surface area contributed by atoms with E-state index in [-0.39, 0.29) is 0 Å². The Hall–Kier alpha value is -0.120. The van der Waals surface area contributed by atoms with Crippen LogP contribution in [0.1, 0.15) is 39.5 Å². The highest BCUT2D eigenvalue weighted by molar-refractivity contribution is 4.84. The third-order valence-corrected chi connectivity index (χ3v) is 4.20. The molecule has 1 fully saturated rings. The lowest BCUT2D eigenvalue weighted by atomic mass is 9.84. The van der Waals surface area contributed by atoms with Gasteiger partial charge < -0.3 is 15.5 Å². The molecule has 0 saturated carbocycles. The molecule has 0 radical (unpaired) electrons. The van der Waals surface area contributed by atoms with Crippen molar-refractivity contribution in [1.29, 1.82) is 0 Å². The standard InChI is InChI=1S/C14H31N3/c1-5-8-14(2,11-15)12-17(4)13-7-6-9-16(3)10-13/h13H,5-12,15H2,1-4H3. The minimum Gasteiger partial charge on any atom is -0.330 e. The molecule has 0 aromatic rings. The van der Waals surface area contributed by atoms with E-state index >= 15 is 0 Å². The molecule has 0 amide bonds. The summed E-state index contributed by atoms with van der Waals surface area (Å²) in [5.74, 6) is 0. The van der Waals surface area contributed by atoms with Crippen molar-refractivity contribution in [1.82, 2.24) is 9.80 Å². The van der Waals surface area contributed by atoms with Crippen molar-refractivity contribution in [3.05, 3.63) is 0 Å². The first kappa shape index (κ1) is 14.9. The van der Waals surface area contributed by atoms with Gasteiger partial charge in [0.1, 0.15) is 0 Å². The maximum Gasteiger partial charge on any atom is 0.0220 e. The molecule has 1 aliphatic rings. The van der Waals surface area contributed by atoms with Crippen LogP contribution in [-0.2, 0) is 0 Å². The molecule has 0 spiro atoms. The summed E-state index contributed by atoms with van der Waals surface area (Å²) in [7, 11) is 4.50. The third kappa shape index (κ3) is 4.57. The number of nitrogens with zero attached hydrogens (tertiary/aromatic N) is 2. The molecule has 0 aromatic carbocycles. The highest BCUT2D eigenvalue weighted by Gasteiger charge is 2.28. The normalized spacial score (nSPS) is 26.1. The Kier molecular flexibility index (Phi) is 5.90. The fourth-order valence-corrected chi connectivity index (χ4v) is 3.08. The second kappa shape index (κ2) is 6.72. The van der Waals surface area contributed by atoms with Gasteiger partial charge in [0.05, 0.1) is 0 Å². The van der Waals surface area contributed by atoms with Gasteiger partial charge in [0.2, 0.25) is 0 Å².